The summed E-state index contributed by atoms with van der Waals surface area (Å²) in [5.74, 6) is 3.86. The zero-order valence-electron chi connectivity index (χ0n) is 66.9. The lowest BCUT2D eigenvalue weighted by molar-refractivity contribution is 0.775. The maximum atomic E-state index is 5.45. The Balaban J connectivity index is 0.000000136. The molecule has 0 aliphatic heterocycles. The molecule has 4 heterocycles. The van der Waals surface area contributed by atoms with Crippen LogP contribution in [0.4, 0.5) is 0 Å². The predicted octanol–water partition coefficient (Wildman–Crippen LogP) is 29.8. The largest absolute Gasteiger partial charge is 0.208 e. The van der Waals surface area contributed by atoms with E-state index in [2.05, 4.69) is 425 Å². The molecule has 0 radical (unpaired) electrons. The molecule has 0 atom stereocenters. The Labute approximate surface area is 724 Å². The molecule has 22 aromatic rings. The molecule has 0 saturated carbocycles. The second-order valence-corrected chi connectivity index (χ2v) is 34.6. The SMILES string of the molecule is c1ccc(-c2cccc(-c3nc(-c4ccc5c(c4)-c4ccccc4C54c5ccccc5-c5ccccc5-c5ccccc54)nc(-c4ccc5c(c4)sc4ccccc45)n3)c2)cc1.c1ccc(-c2cccc(-c3nc(-c4ccc5c(c4)sc4ccccc45)nc(-c4cccc5c4-c4ccccc4C54c5ccccc5-c5ccccc5-c5ccccc54)n3)c2)cc1. The van der Waals surface area contributed by atoms with Crippen LogP contribution in [0.15, 0.2) is 425 Å². The topological polar surface area (TPSA) is 77.3 Å². The minimum atomic E-state index is -0.608. The molecule has 4 aromatic heterocycles. The fourth-order valence-corrected chi connectivity index (χ4v) is 22.9. The van der Waals surface area contributed by atoms with Crippen LogP contribution < -0.4 is 0 Å². The van der Waals surface area contributed by atoms with Gasteiger partial charge in [0.05, 0.1) is 10.8 Å². The van der Waals surface area contributed by atoms with Gasteiger partial charge in [-0.1, -0.05) is 382 Å². The Hall–Kier alpha value is -15.6. The van der Waals surface area contributed by atoms with E-state index in [1.54, 1.807) is 11.3 Å². The van der Waals surface area contributed by atoms with Gasteiger partial charge in [0.1, 0.15) is 0 Å². The standard InChI is InChI=1S/2C58H35N3S/c1-2-16-36(17-3-1)37-18-14-19-38(34-37)55-59-56(39-32-33-45-44-24-9-13-31-52(44)62-53(45)35-39)61-57(60-55)47-26-15-30-51-54(47)46-25-8-12-29-50(46)58(51)48-27-10-6-22-42(48)40-20-4-5-21-41(40)43-23-7-11-28-49(43)58;1-2-15-36(16-3-1)37-17-14-18-38(33-37)55-59-56(61-57(60-55)40-29-31-47-46-24-9-13-28-53(46)62-54(47)35-40)39-30-32-52-48(34-39)45-23-8-12-27-51(45)58(52)49-25-10-6-21-43(49)41-19-4-5-20-42(41)44-22-7-11-26-50(44)58/h2*1-35H. The Morgan fingerprint density at radius 1 is 0.145 bits per heavy atom. The van der Waals surface area contributed by atoms with Gasteiger partial charge >= 0.3 is 0 Å². The second-order valence-electron chi connectivity index (χ2n) is 32.5. The summed E-state index contributed by atoms with van der Waals surface area (Å²) >= 11 is 3.61. The van der Waals surface area contributed by atoms with Crippen molar-refractivity contribution in [2.45, 2.75) is 10.8 Å². The highest BCUT2D eigenvalue weighted by Gasteiger charge is 2.52. The molecular formula is C116H70N6S2. The van der Waals surface area contributed by atoms with Crippen LogP contribution in [0.5, 0.6) is 0 Å². The summed E-state index contributed by atoms with van der Waals surface area (Å²) in [4.78, 5) is 32.0. The lowest BCUT2D eigenvalue weighted by atomic mass is 9.66. The molecule has 4 aliphatic rings. The Kier molecular flexibility index (Phi) is 16.4. The maximum Gasteiger partial charge on any atom is 0.164 e. The van der Waals surface area contributed by atoms with E-state index >= 15 is 0 Å². The van der Waals surface area contributed by atoms with Gasteiger partial charge in [-0.2, -0.15) is 0 Å². The van der Waals surface area contributed by atoms with E-state index in [4.69, 9.17) is 29.9 Å². The highest BCUT2D eigenvalue weighted by molar-refractivity contribution is 7.26. The van der Waals surface area contributed by atoms with E-state index in [9.17, 15) is 0 Å². The fraction of sp³-hybridized carbons (Fsp3) is 0.0172. The van der Waals surface area contributed by atoms with E-state index < -0.39 is 10.8 Å². The molecule has 0 saturated heterocycles. The lowest BCUT2D eigenvalue weighted by Crippen LogP contribution is -2.29. The van der Waals surface area contributed by atoms with Crippen LogP contribution in [0.2, 0.25) is 0 Å². The van der Waals surface area contributed by atoms with Crippen LogP contribution >= 0.6 is 22.7 Å². The minimum Gasteiger partial charge on any atom is -0.208 e. The third-order valence-corrected chi connectivity index (χ3v) is 28.2. The van der Waals surface area contributed by atoms with Gasteiger partial charge in [0.15, 0.2) is 34.9 Å². The lowest BCUT2D eigenvalue weighted by Gasteiger charge is -2.35. The van der Waals surface area contributed by atoms with Gasteiger partial charge in [0.2, 0.25) is 0 Å². The summed E-state index contributed by atoms with van der Waals surface area (Å²) in [7, 11) is 0. The zero-order valence-corrected chi connectivity index (χ0v) is 68.5. The number of aromatic nitrogens is 6. The van der Waals surface area contributed by atoms with Crippen molar-refractivity contribution < 1.29 is 0 Å². The van der Waals surface area contributed by atoms with Crippen LogP contribution in [-0.4, -0.2) is 29.9 Å². The minimum absolute atomic E-state index is 0.552. The average molecular weight is 1610 g/mol. The number of fused-ring (bicyclic) bond motifs is 30. The highest BCUT2D eigenvalue weighted by atomic mass is 32.1. The van der Waals surface area contributed by atoms with Crippen LogP contribution in [0, 0.1) is 0 Å². The summed E-state index contributed by atoms with van der Waals surface area (Å²) in [5.41, 5.74) is 34.0. The van der Waals surface area contributed by atoms with E-state index in [0.29, 0.717) is 34.9 Å². The van der Waals surface area contributed by atoms with Crippen LogP contribution in [0.1, 0.15) is 44.5 Å². The van der Waals surface area contributed by atoms with Crippen molar-refractivity contribution in [3.8, 4) is 157 Å². The maximum absolute atomic E-state index is 5.45. The Morgan fingerprint density at radius 3 is 0.839 bits per heavy atom. The van der Waals surface area contributed by atoms with Crippen molar-refractivity contribution in [1.29, 1.82) is 0 Å². The number of hydrogen-bond acceptors (Lipinski definition) is 8. The smallest absolute Gasteiger partial charge is 0.164 e. The highest BCUT2D eigenvalue weighted by Crippen LogP contribution is 2.65. The molecule has 124 heavy (non-hydrogen) atoms. The molecule has 0 N–H and O–H groups in total. The molecular weight excluding hydrogens is 1540 g/mol. The van der Waals surface area contributed by atoms with Crippen molar-refractivity contribution in [2.75, 3.05) is 0 Å². The van der Waals surface area contributed by atoms with Gasteiger partial charge in [-0.15, -0.1) is 22.7 Å². The van der Waals surface area contributed by atoms with Gasteiger partial charge in [-0.05, 0) is 176 Å². The van der Waals surface area contributed by atoms with E-state index in [-0.39, 0.29) is 0 Å². The predicted molar refractivity (Wildman–Crippen MR) is 512 cm³/mol. The quantitative estimate of drug-likeness (QED) is 0.151. The molecule has 576 valence electrons. The summed E-state index contributed by atoms with van der Waals surface area (Å²) in [6.45, 7) is 0. The summed E-state index contributed by atoms with van der Waals surface area (Å²) in [6.07, 6.45) is 0. The first-order valence-electron chi connectivity index (χ1n) is 42.2. The number of benzene rings is 18. The van der Waals surface area contributed by atoms with Crippen molar-refractivity contribution in [3.05, 3.63) is 469 Å². The molecule has 18 aromatic carbocycles. The van der Waals surface area contributed by atoms with Gasteiger partial charge in [0, 0.05) is 73.7 Å². The van der Waals surface area contributed by atoms with Crippen LogP contribution in [-0.2, 0) is 10.8 Å². The fourth-order valence-electron chi connectivity index (χ4n) is 20.7. The van der Waals surface area contributed by atoms with E-state index in [0.717, 1.165) is 61.2 Å². The van der Waals surface area contributed by atoms with Crippen molar-refractivity contribution in [1.82, 2.24) is 29.9 Å². The van der Waals surface area contributed by atoms with Gasteiger partial charge < -0.3 is 0 Å². The molecule has 0 bridgehead atoms. The average Bonchev–Trinajstić information content (AvgIpc) is 1.52. The van der Waals surface area contributed by atoms with Crippen LogP contribution in [0.3, 0.4) is 0 Å². The van der Waals surface area contributed by atoms with E-state index in [1.165, 1.54) is 146 Å². The summed E-state index contributed by atoms with van der Waals surface area (Å²) in [5, 5.41) is 5.03. The molecule has 0 unspecified atom stereocenters. The molecule has 0 amide bonds. The summed E-state index contributed by atoms with van der Waals surface area (Å²) < 4.78 is 4.96. The molecule has 6 nitrogen and oxygen atoms in total. The molecule has 0 fully saturated rings. The van der Waals surface area contributed by atoms with Crippen molar-refractivity contribution in [2.24, 2.45) is 0 Å². The number of nitrogens with zero attached hydrogens (tertiary/aromatic N) is 6. The third-order valence-electron chi connectivity index (χ3n) is 26.0. The number of hydrogen-bond donors (Lipinski definition) is 0. The summed E-state index contributed by atoms with van der Waals surface area (Å²) in [6, 6.07) is 154. The van der Waals surface area contributed by atoms with E-state index in [1.807, 2.05) is 11.3 Å². The normalized spacial score (nSPS) is 13.0. The Bertz CT molecular complexity index is 8030. The zero-order chi connectivity index (χ0) is 81.6. The number of thiophene rings is 2. The van der Waals surface area contributed by atoms with Crippen molar-refractivity contribution >= 4 is 63.0 Å². The van der Waals surface area contributed by atoms with Gasteiger partial charge in [-0.3, -0.25) is 0 Å². The number of rotatable bonds is 8. The second kappa shape index (κ2) is 28.6. The first kappa shape index (κ1) is 71.3. The van der Waals surface area contributed by atoms with Crippen LogP contribution in [0.25, 0.3) is 198 Å². The monoisotopic (exact) mass is 1610 g/mol. The molecule has 26 rings (SSSR count). The molecule has 8 heteroatoms. The third kappa shape index (κ3) is 11.0. The Morgan fingerprint density at radius 2 is 0.411 bits per heavy atom. The first-order valence-corrected chi connectivity index (χ1v) is 43.8. The van der Waals surface area contributed by atoms with Gasteiger partial charge in [-0.25, -0.2) is 29.9 Å². The first-order chi connectivity index (χ1) is 61.5. The van der Waals surface area contributed by atoms with Crippen molar-refractivity contribution in [3.63, 3.8) is 0 Å². The van der Waals surface area contributed by atoms with Gasteiger partial charge in [0.25, 0.3) is 0 Å². The molecule has 4 aliphatic carbocycles. The molecule has 2 spiro atoms.